The number of ketones is 1. The minimum Gasteiger partial charge on any atom is -0.493 e. The van der Waals surface area contributed by atoms with Gasteiger partial charge in [-0.3, -0.25) is 24.5 Å². The van der Waals surface area contributed by atoms with E-state index in [4.69, 9.17) is 31.5 Å². The van der Waals surface area contributed by atoms with Crippen molar-refractivity contribution in [2.45, 2.75) is 40.0 Å². The number of rotatable bonds is 15. The van der Waals surface area contributed by atoms with Gasteiger partial charge in [-0.25, -0.2) is 0 Å². The van der Waals surface area contributed by atoms with Crippen molar-refractivity contribution >= 4 is 39.9 Å². The van der Waals surface area contributed by atoms with Crippen LogP contribution in [0.1, 0.15) is 49.5 Å². The average Bonchev–Trinajstić information content (AvgIpc) is 3.53. The number of primary amides is 1. The van der Waals surface area contributed by atoms with Crippen LogP contribution in [0.2, 0.25) is 5.02 Å². The summed E-state index contributed by atoms with van der Waals surface area (Å²) in [6.07, 6.45) is 5.07. The zero-order chi connectivity index (χ0) is 34.3. The molecule has 1 fully saturated rings. The zero-order valence-electron chi connectivity index (χ0n) is 28.4. The number of allylic oxidation sites excluding steroid dienone is 1. The summed E-state index contributed by atoms with van der Waals surface area (Å²) in [5.41, 5.74) is 9.38. The molecule has 0 saturated carbocycles. The van der Waals surface area contributed by atoms with Crippen molar-refractivity contribution in [3.8, 4) is 17.2 Å². The van der Waals surface area contributed by atoms with Crippen LogP contribution in [0.15, 0.2) is 59.2 Å². The predicted molar refractivity (Wildman–Crippen MR) is 190 cm³/mol. The van der Waals surface area contributed by atoms with E-state index < -0.39 is 5.91 Å². The lowest BCUT2D eigenvalue weighted by molar-refractivity contribution is -0.117. The van der Waals surface area contributed by atoms with Crippen LogP contribution in [-0.2, 0) is 16.0 Å². The number of aliphatic imine (C=N–C) groups is 1. The molecule has 0 bridgehead atoms. The number of carbonyl (C=O) groups excluding carboxylic acids is 2. The molecule has 2 N–H and O–H groups in total. The van der Waals surface area contributed by atoms with Crippen molar-refractivity contribution in [1.82, 2.24) is 14.8 Å². The van der Waals surface area contributed by atoms with Crippen LogP contribution in [0.5, 0.6) is 17.2 Å². The first-order valence-electron chi connectivity index (χ1n) is 16.5. The molecule has 2 aliphatic rings. The van der Waals surface area contributed by atoms with Gasteiger partial charge >= 0.3 is 0 Å². The van der Waals surface area contributed by atoms with E-state index >= 15 is 0 Å². The van der Waals surface area contributed by atoms with Crippen LogP contribution in [0.25, 0.3) is 10.9 Å². The number of fused-ring (bicyclic) bond motifs is 1. The fourth-order valence-corrected chi connectivity index (χ4v) is 6.14. The quantitative estimate of drug-likeness (QED) is 0.203. The highest BCUT2D eigenvalue weighted by Gasteiger charge is 2.23. The largest absolute Gasteiger partial charge is 0.493 e. The number of ether oxygens (including phenoxy) is 3. The van der Waals surface area contributed by atoms with Gasteiger partial charge in [-0.05, 0) is 47.9 Å². The van der Waals surface area contributed by atoms with Crippen LogP contribution < -0.4 is 15.2 Å². The number of Topliss-reactive ketones (excluding diaryl/α,β-unsaturated/α-hetero) is 1. The molecule has 2 aromatic carbocycles. The molecule has 0 radical (unpaired) electrons. The summed E-state index contributed by atoms with van der Waals surface area (Å²) in [4.78, 5) is 39.2. The molecule has 2 aliphatic heterocycles. The summed E-state index contributed by atoms with van der Waals surface area (Å²) >= 11 is 6.61. The lowest BCUT2D eigenvalue weighted by atomic mass is 9.89. The summed E-state index contributed by atoms with van der Waals surface area (Å²) < 4.78 is 17.5. The molecule has 0 unspecified atom stereocenters. The van der Waals surface area contributed by atoms with Crippen LogP contribution in [0.3, 0.4) is 0 Å². The Hall–Kier alpha value is -3.83. The van der Waals surface area contributed by atoms with E-state index in [0.717, 1.165) is 69.1 Å². The number of methoxy groups -OCH3 is 1. The molecule has 0 spiro atoms. The van der Waals surface area contributed by atoms with E-state index in [9.17, 15) is 9.59 Å². The number of halogens is 1. The Balaban J connectivity index is 1.19. The average molecular weight is 676 g/mol. The fraction of sp³-hybridized carbons (Fsp3) is 0.459. The Morgan fingerprint density at radius 3 is 2.38 bits per heavy atom. The highest BCUT2D eigenvalue weighted by molar-refractivity contribution is 6.31. The van der Waals surface area contributed by atoms with Gasteiger partial charge in [0.2, 0.25) is 0 Å². The molecule has 3 aromatic rings. The second-order valence-corrected chi connectivity index (χ2v) is 13.8. The molecular weight excluding hydrogens is 630 g/mol. The number of aromatic nitrogens is 1. The van der Waals surface area contributed by atoms with E-state index in [1.54, 1.807) is 49.7 Å². The van der Waals surface area contributed by atoms with Crippen molar-refractivity contribution in [3.05, 3.63) is 70.4 Å². The number of pyridine rings is 1. The molecule has 3 heterocycles. The van der Waals surface area contributed by atoms with Crippen molar-refractivity contribution in [1.29, 1.82) is 0 Å². The van der Waals surface area contributed by atoms with Crippen molar-refractivity contribution in [3.63, 3.8) is 0 Å². The standard InChI is InChI=1S/C37H46ClN5O5/c1-37(2,3)35-19-25(24-41-35)18-27(44)20-26-6-7-28(21-31(26)38)48-33-8-9-40-32-23-34(30(36(39)45)22-29(32)33)47-16-5-10-42-11-13-43(14-12-42)15-17-46-4/h6-9,19,21-23H,5,10-18,20,24H2,1-4H3,(H2,39,45). The summed E-state index contributed by atoms with van der Waals surface area (Å²) in [5.74, 6) is 0.861. The van der Waals surface area contributed by atoms with Gasteiger partial charge in [-0.15, -0.1) is 0 Å². The molecule has 5 rings (SSSR count). The third-order valence-electron chi connectivity index (χ3n) is 8.65. The normalized spacial score (nSPS) is 15.8. The van der Waals surface area contributed by atoms with Gasteiger partial charge in [0.1, 0.15) is 23.0 Å². The monoisotopic (exact) mass is 675 g/mol. The van der Waals surface area contributed by atoms with Crippen LogP contribution >= 0.6 is 11.6 Å². The van der Waals surface area contributed by atoms with E-state index in [2.05, 4.69) is 40.5 Å². The molecule has 11 heteroatoms. The van der Waals surface area contributed by atoms with Gasteiger partial charge in [0.25, 0.3) is 5.91 Å². The molecule has 256 valence electrons. The summed E-state index contributed by atoms with van der Waals surface area (Å²) in [6, 6.07) is 10.4. The van der Waals surface area contributed by atoms with Gasteiger partial charge in [0.05, 0.1) is 30.8 Å². The third kappa shape index (κ3) is 9.41. The molecule has 1 aromatic heterocycles. The van der Waals surface area contributed by atoms with Crippen LogP contribution in [0.4, 0.5) is 0 Å². The Kier molecular flexibility index (Phi) is 11.9. The topological polar surface area (TPSA) is 120 Å². The third-order valence-corrected chi connectivity index (χ3v) is 9.00. The van der Waals surface area contributed by atoms with Crippen molar-refractivity contribution in [2.75, 3.05) is 66.1 Å². The van der Waals surface area contributed by atoms with Gasteiger partial charge in [0, 0.05) is 93.0 Å². The van der Waals surface area contributed by atoms with Crippen molar-refractivity contribution in [2.24, 2.45) is 16.1 Å². The molecule has 1 amide bonds. The molecule has 0 aliphatic carbocycles. The fourth-order valence-electron chi connectivity index (χ4n) is 5.90. The predicted octanol–water partition coefficient (Wildman–Crippen LogP) is 5.74. The lowest BCUT2D eigenvalue weighted by Gasteiger charge is -2.34. The summed E-state index contributed by atoms with van der Waals surface area (Å²) in [7, 11) is 1.73. The van der Waals surface area contributed by atoms with Crippen LogP contribution in [0, 0.1) is 5.41 Å². The van der Waals surface area contributed by atoms with E-state index in [-0.39, 0.29) is 23.2 Å². The van der Waals surface area contributed by atoms with E-state index in [1.807, 2.05) is 6.08 Å². The number of nitrogens with zero attached hydrogens (tertiary/aromatic N) is 4. The number of nitrogens with two attached hydrogens (primary N) is 1. The maximum Gasteiger partial charge on any atom is 0.252 e. The van der Waals surface area contributed by atoms with Gasteiger partial charge < -0.3 is 24.8 Å². The second-order valence-electron chi connectivity index (χ2n) is 13.4. The minimum atomic E-state index is -0.597. The van der Waals surface area contributed by atoms with Gasteiger partial charge in [-0.1, -0.05) is 38.4 Å². The number of carbonyl (C=O) groups is 2. The molecule has 10 nitrogen and oxygen atoms in total. The van der Waals surface area contributed by atoms with Crippen LogP contribution in [-0.4, -0.2) is 98.3 Å². The lowest BCUT2D eigenvalue weighted by Crippen LogP contribution is -2.47. The summed E-state index contributed by atoms with van der Waals surface area (Å²) in [5, 5.41) is 1.05. The van der Waals surface area contributed by atoms with E-state index in [0.29, 0.717) is 52.7 Å². The van der Waals surface area contributed by atoms with Crippen molar-refractivity contribution < 1.29 is 23.8 Å². The Bertz CT molecular complexity index is 1690. The minimum absolute atomic E-state index is 0.0390. The number of benzene rings is 2. The second kappa shape index (κ2) is 16.0. The van der Waals surface area contributed by atoms with Gasteiger partial charge in [0.15, 0.2) is 0 Å². The highest BCUT2D eigenvalue weighted by atomic mass is 35.5. The Morgan fingerprint density at radius 2 is 1.71 bits per heavy atom. The first kappa shape index (κ1) is 35.5. The Labute approximate surface area is 287 Å². The highest BCUT2D eigenvalue weighted by Crippen LogP contribution is 2.35. The number of piperazine rings is 1. The Morgan fingerprint density at radius 1 is 0.958 bits per heavy atom. The SMILES string of the molecule is COCCN1CCN(CCCOc2cc3nccc(Oc4ccc(CC(=O)CC5=CC(C(C)(C)C)=NC5)c(Cl)c4)c3cc2C(N)=O)CC1. The van der Waals surface area contributed by atoms with Gasteiger partial charge in [-0.2, -0.15) is 0 Å². The molecule has 0 atom stereocenters. The number of amides is 1. The maximum absolute atomic E-state index is 12.9. The molecule has 1 saturated heterocycles. The first-order valence-corrected chi connectivity index (χ1v) is 16.9. The smallest absolute Gasteiger partial charge is 0.252 e. The van der Waals surface area contributed by atoms with E-state index in [1.165, 1.54) is 0 Å². The maximum atomic E-state index is 12.9. The zero-order valence-corrected chi connectivity index (χ0v) is 29.1. The first-order chi connectivity index (χ1) is 23.0. The molecule has 48 heavy (non-hydrogen) atoms. The number of hydrogen-bond donors (Lipinski definition) is 1. The summed E-state index contributed by atoms with van der Waals surface area (Å²) in [6.45, 7) is 14.1. The number of hydrogen-bond acceptors (Lipinski definition) is 9. The molecular formula is C37H46ClN5O5.